The minimum absolute atomic E-state index is 0.0165. The first kappa shape index (κ1) is 14.4. The van der Waals surface area contributed by atoms with Crippen molar-refractivity contribution in [3.05, 3.63) is 35.9 Å². The molecule has 0 saturated carbocycles. The van der Waals surface area contributed by atoms with Gasteiger partial charge in [0.2, 0.25) is 0 Å². The van der Waals surface area contributed by atoms with Crippen LogP contribution in [0.4, 0.5) is 0 Å². The summed E-state index contributed by atoms with van der Waals surface area (Å²) in [6.45, 7) is 0.102. The molecule has 1 aromatic rings. The van der Waals surface area contributed by atoms with E-state index in [1.807, 2.05) is 0 Å². The Morgan fingerprint density at radius 2 is 1.95 bits per heavy atom. The molecule has 6 nitrogen and oxygen atoms in total. The first-order chi connectivity index (χ1) is 9.49. The molecule has 1 amide bonds. The van der Waals surface area contributed by atoms with Crippen LogP contribution in [0, 0.1) is 0 Å². The van der Waals surface area contributed by atoms with Crippen molar-refractivity contribution < 1.29 is 19.8 Å². The van der Waals surface area contributed by atoms with E-state index in [9.17, 15) is 14.7 Å². The van der Waals surface area contributed by atoms with Gasteiger partial charge in [0.15, 0.2) is 5.11 Å². The van der Waals surface area contributed by atoms with Gasteiger partial charge in [-0.1, -0.05) is 18.2 Å². The number of amides is 1. The molecule has 1 saturated heterocycles. The van der Waals surface area contributed by atoms with E-state index in [1.54, 1.807) is 30.3 Å². The van der Waals surface area contributed by atoms with Gasteiger partial charge < -0.3 is 15.1 Å². The second-order valence-corrected chi connectivity index (χ2v) is 4.91. The molecule has 0 unspecified atom stereocenters. The monoisotopic (exact) mass is 294 g/mol. The van der Waals surface area contributed by atoms with Crippen molar-refractivity contribution in [2.24, 2.45) is 0 Å². The molecule has 0 aliphatic carbocycles. The molecule has 1 fully saturated rings. The van der Waals surface area contributed by atoms with Crippen molar-refractivity contribution in [3.63, 3.8) is 0 Å². The van der Waals surface area contributed by atoms with Gasteiger partial charge in [0, 0.05) is 18.5 Å². The van der Waals surface area contributed by atoms with Gasteiger partial charge in [-0.3, -0.25) is 10.1 Å². The molecular weight excluding hydrogens is 280 g/mol. The van der Waals surface area contributed by atoms with Crippen LogP contribution in [0.25, 0.3) is 0 Å². The lowest BCUT2D eigenvalue weighted by atomic mass is 10.2. The van der Waals surface area contributed by atoms with Crippen molar-refractivity contribution in [1.29, 1.82) is 0 Å². The Morgan fingerprint density at radius 1 is 1.30 bits per heavy atom. The molecule has 1 aliphatic rings. The SMILES string of the molecule is O=C(NC(=S)N1C[C@H](O)C[C@H]1C(=O)O)c1ccccc1. The second kappa shape index (κ2) is 5.98. The molecule has 0 radical (unpaired) electrons. The number of rotatable bonds is 2. The molecular formula is C13H14N2O4S. The molecule has 106 valence electrons. The van der Waals surface area contributed by atoms with Crippen LogP contribution in [-0.4, -0.2) is 50.8 Å². The lowest BCUT2D eigenvalue weighted by molar-refractivity contribution is -0.141. The van der Waals surface area contributed by atoms with Gasteiger partial charge >= 0.3 is 5.97 Å². The third kappa shape index (κ3) is 3.12. The number of nitrogens with zero attached hydrogens (tertiary/aromatic N) is 1. The van der Waals surface area contributed by atoms with Gasteiger partial charge in [0.1, 0.15) is 6.04 Å². The number of aliphatic hydroxyl groups is 1. The van der Waals surface area contributed by atoms with Crippen LogP contribution in [0.2, 0.25) is 0 Å². The van der Waals surface area contributed by atoms with Gasteiger partial charge in [-0.2, -0.15) is 0 Å². The number of carbonyl (C=O) groups excluding carboxylic acids is 1. The summed E-state index contributed by atoms with van der Waals surface area (Å²) in [5.41, 5.74) is 0.432. The molecule has 0 spiro atoms. The van der Waals surface area contributed by atoms with Crippen molar-refractivity contribution in [2.75, 3.05) is 6.54 Å². The molecule has 7 heteroatoms. The maximum absolute atomic E-state index is 11.9. The number of carboxylic acid groups (broad SMARTS) is 1. The summed E-state index contributed by atoms with van der Waals surface area (Å²) < 4.78 is 0. The van der Waals surface area contributed by atoms with Crippen LogP contribution in [0.5, 0.6) is 0 Å². The molecule has 1 aromatic carbocycles. The first-order valence-corrected chi connectivity index (χ1v) is 6.47. The van der Waals surface area contributed by atoms with E-state index in [4.69, 9.17) is 17.3 Å². The lowest BCUT2D eigenvalue weighted by Crippen LogP contribution is -2.47. The number of likely N-dealkylation sites (tertiary alicyclic amines) is 1. The maximum Gasteiger partial charge on any atom is 0.326 e. The van der Waals surface area contributed by atoms with E-state index in [-0.39, 0.29) is 18.1 Å². The predicted octanol–water partition coefficient (Wildman–Crippen LogP) is 0.221. The van der Waals surface area contributed by atoms with Crippen molar-refractivity contribution in [1.82, 2.24) is 10.2 Å². The molecule has 0 aromatic heterocycles. The van der Waals surface area contributed by atoms with Gasteiger partial charge in [-0.15, -0.1) is 0 Å². The Kier molecular flexibility index (Phi) is 4.31. The smallest absolute Gasteiger partial charge is 0.326 e. The summed E-state index contributed by atoms with van der Waals surface area (Å²) in [4.78, 5) is 24.3. The summed E-state index contributed by atoms with van der Waals surface area (Å²) in [7, 11) is 0. The zero-order chi connectivity index (χ0) is 14.7. The van der Waals surface area contributed by atoms with Crippen LogP contribution in [0.15, 0.2) is 30.3 Å². The zero-order valence-corrected chi connectivity index (χ0v) is 11.3. The van der Waals surface area contributed by atoms with Crippen LogP contribution in [0.3, 0.4) is 0 Å². The number of aliphatic carboxylic acids is 1. The number of carboxylic acids is 1. The van der Waals surface area contributed by atoms with E-state index < -0.39 is 24.0 Å². The van der Waals surface area contributed by atoms with Crippen molar-refractivity contribution >= 4 is 29.2 Å². The fraction of sp³-hybridized carbons (Fsp3) is 0.308. The molecule has 1 aliphatic heterocycles. The number of hydrogen-bond acceptors (Lipinski definition) is 4. The Bertz CT molecular complexity index is 534. The van der Waals surface area contributed by atoms with Gasteiger partial charge in [-0.05, 0) is 24.4 Å². The Balaban J connectivity index is 2.05. The van der Waals surface area contributed by atoms with Crippen LogP contribution in [-0.2, 0) is 4.79 Å². The Morgan fingerprint density at radius 3 is 2.55 bits per heavy atom. The standard InChI is InChI=1S/C13H14N2O4S/c16-9-6-10(12(18)19)15(7-9)13(20)14-11(17)8-4-2-1-3-5-8/h1-5,9-10,16H,6-7H2,(H,18,19)(H,14,17,20)/t9-,10+/m1/s1. The molecule has 0 bridgehead atoms. The molecule has 2 atom stereocenters. The molecule has 1 heterocycles. The molecule has 20 heavy (non-hydrogen) atoms. The molecule has 2 rings (SSSR count). The highest BCUT2D eigenvalue weighted by atomic mass is 32.1. The van der Waals surface area contributed by atoms with Crippen LogP contribution in [0.1, 0.15) is 16.8 Å². The number of aliphatic hydroxyl groups excluding tert-OH is 1. The highest BCUT2D eigenvalue weighted by Gasteiger charge is 2.37. The summed E-state index contributed by atoms with van der Waals surface area (Å²) in [5, 5.41) is 21.1. The van der Waals surface area contributed by atoms with E-state index in [0.29, 0.717) is 5.56 Å². The average Bonchev–Trinajstić information content (AvgIpc) is 2.82. The van der Waals surface area contributed by atoms with Gasteiger partial charge in [0.25, 0.3) is 5.91 Å². The summed E-state index contributed by atoms with van der Waals surface area (Å²) >= 11 is 5.06. The third-order valence-corrected chi connectivity index (χ3v) is 3.42. The minimum Gasteiger partial charge on any atom is -0.480 e. The van der Waals surface area contributed by atoms with E-state index >= 15 is 0 Å². The van der Waals surface area contributed by atoms with Crippen LogP contribution < -0.4 is 5.32 Å². The van der Waals surface area contributed by atoms with E-state index in [2.05, 4.69) is 5.32 Å². The second-order valence-electron chi connectivity index (χ2n) is 4.52. The fourth-order valence-corrected chi connectivity index (χ4v) is 2.40. The van der Waals surface area contributed by atoms with E-state index in [0.717, 1.165) is 0 Å². The number of benzene rings is 1. The zero-order valence-electron chi connectivity index (χ0n) is 10.5. The van der Waals surface area contributed by atoms with Gasteiger partial charge in [-0.25, -0.2) is 4.79 Å². The average molecular weight is 294 g/mol. The van der Waals surface area contributed by atoms with E-state index in [1.165, 1.54) is 4.90 Å². The van der Waals surface area contributed by atoms with Crippen molar-refractivity contribution in [2.45, 2.75) is 18.6 Å². The number of nitrogens with one attached hydrogen (secondary N) is 1. The molecule has 3 N–H and O–H groups in total. The number of hydrogen-bond donors (Lipinski definition) is 3. The highest BCUT2D eigenvalue weighted by Crippen LogP contribution is 2.18. The maximum atomic E-state index is 11.9. The topological polar surface area (TPSA) is 89.9 Å². The summed E-state index contributed by atoms with van der Waals surface area (Å²) in [6.07, 6.45) is -0.667. The lowest BCUT2D eigenvalue weighted by Gasteiger charge is -2.23. The highest BCUT2D eigenvalue weighted by molar-refractivity contribution is 7.80. The number of carbonyl (C=O) groups is 2. The fourth-order valence-electron chi connectivity index (χ4n) is 2.10. The third-order valence-electron chi connectivity index (χ3n) is 3.08. The van der Waals surface area contributed by atoms with Gasteiger partial charge in [0.05, 0.1) is 6.10 Å². The Hall–Kier alpha value is -1.99. The normalized spacial score (nSPS) is 21.6. The Labute approximate surface area is 121 Å². The first-order valence-electron chi connectivity index (χ1n) is 6.07. The van der Waals surface area contributed by atoms with Crippen LogP contribution >= 0.6 is 12.2 Å². The number of β-amino-alcohol motifs (C(OH)–C–C–N with tert-alkyl or cyclic N) is 1. The predicted molar refractivity (Wildman–Crippen MR) is 75.3 cm³/mol. The number of thiocarbonyl (C=S) groups is 1. The largest absolute Gasteiger partial charge is 0.480 e. The quantitative estimate of drug-likeness (QED) is 0.676. The minimum atomic E-state index is -1.07. The van der Waals surface area contributed by atoms with Crippen molar-refractivity contribution in [3.8, 4) is 0 Å². The summed E-state index contributed by atoms with van der Waals surface area (Å²) in [6, 6.07) is 7.58. The summed E-state index contributed by atoms with van der Waals surface area (Å²) in [5.74, 6) is -1.47.